The van der Waals surface area contributed by atoms with E-state index in [-0.39, 0.29) is 5.57 Å². The Morgan fingerprint density at radius 1 is 0.947 bits per heavy atom. The zero-order valence-corrected chi connectivity index (χ0v) is 20.4. The summed E-state index contributed by atoms with van der Waals surface area (Å²) in [7, 11) is 0. The van der Waals surface area contributed by atoms with Gasteiger partial charge in [-0.15, -0.1) is 5.10 Å². The summed E-state index contributed by atoms with van der Waals surface area (Å²) in [4.78, 5) is 12.2. The van der Waals surface area contributed by atoms with Crippen LogP contribution in [0.5, 0.6) is 0 Å². The lowest BCUT2D eigenvalue weighted by Crippen LogP contribution is -2.34. The quantitative estimate of drug-likeness (QED) is 0.155. The van der Waals surface area contributed by atoms with Crippen LogP contribution in [0.3, 0.4) is 0 Å². The average molecular weight is 520 g/mol. The van der Waals surface area contributed by atoms with E-state index in [4.69, 9.17) is 0 Å². The summed E-state index contributed by atoms with van der Waals surface area (Å²) in [6.45, 7) is 2.26. The number of amides is 1. The number of alkyl halides is 3. The third kappa shape index (κ3) is 5.25. The van der Waals surface area contributed by atoms with Crippen LogP contribution in [-0.4, -0.2) is 28.8 Å². The molecule has 0 bridgehead atoms. The first-order valence-electron chi connectivity index (χ1n) is 12.3. The number of H-pyrrole nitrogens is 1. The third-order valence-electron chi connectivity index (χ3n) is 6.92. The monoisotopic (exact) mass is 519 g/mol. The van der Waals surface area contributed by atoms with Crippen molar-refractivity contribution in [3.63, 3.8) is 0 Å². The molecule has 1 aliphatic rings. The Labute approximate surface area is 217 Å². The van der Waals surface area contributed by atoms with Crippen LogP contribution in [0.2, 0.25) is 0 Å². The molecule has 1 aromatic heterocycles. The molecule has 0 radical (unpaired) electrons. The molecule has 1 aliphatic carbocycles. The van der Waals surface area contributed by atoms with Crippen LogP contribution >= 0.6 is 0 Å². The number of hydrogen-bond acceptors (Lipinski definition) is 2. The highest BCUT2D eigenvalue weighted by Gasteiger charge is 2.29. The van der Waals surface area contributed by atoms with Crippen LogP contribution in [0.4, 0.5) is 17.6 Å². The molecule has 0 spiro atoms. The summed E-state index contributed by atoms with van der Waals surface area (Å²) in [6.07, 6.45) is -1.32. The molecule has 1 heterocycles. The minimum absolute atomic E-state index is 0.0597. The normalized spacial score (nSPS) is 14.6. The van der Waals surface area contributed by atoms with Crippen LogP contribution in [0, 0.1) is 11.9 Å². The smallest absolute Gasteiger partial charge is 0.343 e. The summed E-state index contributed by atoms with van der Waals surface area (Å²) in [6, 6.07) is 22.5. The van der Waals surface area contributed by atoms with Gasteiger partial charge in [0.05, 0.1) is 10.9 Å². The largest absolute Gasteiger partial charge is 0.405 e. The summed E-state index contributed by atoms with van der Waals surface area (Å²) < 4.78 is 52.0. The van der Waals surface area contributed by atoms with Crippen molar-refractivity contribution < 1.29 is 22.4 Å². The van der Waals surface area contributed by atoms with E-state index in [1.807, 2.05) is 41.7 Å². The highest BCUT2D eigenvalue weighted by Crippen LogP contribution is 2.45. The van der Waals surface area contributed by atoms with E-state index < -0.39 is 24.6 Å². The van der Waals surface area contributed by atoms with Crippen LogP contribution in [0.1, 0.15) is 41.5 Å². The van der Waals surface area contributed by atoms with Gasteiger partial charge in [0.1, 0.15) is 6.54 Å². The van der Waals surface area contributed by atoms with Gasteiger partial charge in [0, 0.05) is 5.57 Å². The number of aromatic amines is 1. The maximum absolute atomic E-state index is 14.4. The molecule has 0 unspecified atom stereocenters. The molecule has 0 atom stereocenters. The minimum Gasteiger partial charge on any atom is -0.343 e. The van der Waals surface area contributed by atoms with E-state index in [1.165, 1.54) is 0 Å². The molecule has 5 rings (SSSR count). The number of carbonyl (C=O) groups excluding carboxylic acids is 1. The van der Waals surface area contributed by atoms with Gasteiger partial charge in [-0.25, -0.2) is 0 Å². The summed E-state index contributed by atoms with van der Waals surface area (Å²) in [5.41, 5.74) is 5.75. The van der Waals surface area contributed by atoms with Gasteiger partial charge in [-0.05, 0) is 64.3 Å². The van der Waals surface area contributed by atoms with E-state index in [1.54, 1.807) is 24.3 Å². The summed E-state index contributed by atoms with van der Waals surface area (Å²) in [5, 5.41) is 8.62. The zero-order chi connectivity index (χ0) is 26.9. The fourth-order valence-corrected chi connectivity index (χ4v) is 4.77. The van der Waals surface area contributed by atoms with Crippen molar-refractivity contribution in [2.24, 2.45) is 5.92 Å². The lowest BCUT2D eigenvalue weighted by atomic mass is 9.73. The summed E-state index contributed by atoms with van der Waals surface area (Å²) in [5.74, 6) is -1.14. The highest BCUT2D eigenvalue weighted by atomic mass is 19.4. The molecule has 2 N–H and O–H groups in total. The first-order chi connectivity index (χ1) is 18.2. The SMILES string of the molecule is C=C(C(=O)NCC(F)(F)F)c1ccc(/C(=C(\c2ccccc2)C2CCC2)c2ccc3[nH]nc(F)c3c2)cc1. The van der Waals surface area contributed by atoms with E-state index in [2.05, 4.69) is 28.9 Å². The maximum atomic E-state index is 14.4. The number of rotatable bonds is 7. The minimum atomic E-state index is -4.51. The maximum Gasteiger partial charge on any atom is 0.405 e. The average Bonchev–Trinajstić information content (AvgIpc) is 3.26. The molecule has 0 saturated heterocycles. The van der Waals surface area contributed by atoms with Crippen LogP contribution in [0.15, 0.2) is 79.4 Å². The molecule has 0 aliphatic heterocycles. The van der Waals surface area contributed by atoms with Gasteiger partial charge in [0.2, 0.25) is 5.95 Å². The number of aromatic nitrogens is 2. The second-order valence-electron chi connectivity index (χ2n) is 9.41. The van der Waals surface area contributed by atoms with Crippen molar-refractivity contribution in [3.05, 3.63) is 108 Å². The fraction of sp³-hybridized carbons (Fsp3) is 0.200. The second kappa shape index (κ2) is 10.3. The van der Waals surface area contributed by atoms with Crippen LogP contribution in [-0.2, 0) is 4.79 Å². The van der Waals surface area contributed by atoms with Crippen molar-refractivity contribution in [2.75, 3.05) is 6.54 Å². The Kier molecular flexibility index (Phi) is 6.89. The fourth-order valence-electron chi connectivity index (χ4n) is 4.77. The molecule has 8 heteroatoms. The molecule has 194 valence electrons. The van der Waals surface area contributed by atoms with Crippen LogP contribution < -0.4 is 5.32 Å². The van der Waals surface area contributed by atoms with Crippen LogP contribution in [0.25, 0.3) is 27.6 Å². The molecule has 3 aromatic carbocycles. The first-order valence-corrected chi connectivity index (χ1v) is 12.3. The van der Waals surface area contributed by atoms with E-state index in [0.717, 1.165) is 47.1 Å². The molecule has 4 nitrogen and oxygen atoms in total. The predicted molar refractivity (Wildman–Crippen MR) is 140 cm³/mol. The lowest BCUT2D eigenvalue weighted by molar-refractivity contribution is -0.135. The second-order valence-corrected chi connectivity index (χ2v) is 9.41. The molecule has 1 fully saturated rings. The van der Waals surface area contributed by atoms with Gasteiger partial charge in [0.15, 0.2) is 0 Å². The number of nitrogens with one attached hydrogen (secondary N) is 2. The van der Waals surface area contributed by atoms with Gasteiger partial charge in [0.25, 0.3) is 5.91 Å². The van der Waals surface area contributed by atoms with Gasteiger partial charge in [-0.3, -0.25) is 9.89 Å². The van der Waals surface area contributed by atoms with Crippen molar-refractivity contribution in [1.29, 1.82) is 0 Å². The number of fused-ring (bicyclic) bond motifs is 1. The Morgan fingerprint density at radius 2 is 1.61 bits per heavy atom. The lowest BCUT2D eigenvalue weighted by Gasteiger charge is -2.31. The highest BCUT2D eigenvalue weighted by molar-refractivity contribution is 6.18. The molecule has 4 aromatic rings. The standard InChI is InChI=1S/C30H25F4N3O/c1-18(29(38)35-17-30(32,33)34)19-10-12-22(13-11-19)27(23-14-15-25-24(16-23)28(31)37-36-25)26(21-8-5-9-21)20-6-3-2-4-7-20/h2-4,6-7,10-16,21H,1,5,8-9,17H2,(H,35,38)(H,36,37)/b27-26-. The van der Waals surface area contributed by atoms with Crippen molar-refractivity contribution in [3.8, 4) is 0 Å². The van der Waals surface area contributed by atoms with Gasteiger partial charge < -0.3 is 5.32 Å². The first kappa shape index (κ1) is 25.4. The van der Waals surface area contributed by atoms with Crippen molar-refractivity contribution >= 4 is 33.5 Å². The Morgan fingerprint density at radius 3 is 2.24 bits per heavy atom. The van der Waals surface area contributed by atoms with Crippen molar-refractivity contribution in [2.45, 2.75) is 25.4 Å². The Balaban J connectivity index is 1.60. The third-order valence-corrected chi connectivity index (χ3v) is 6.92. The molecule has 38 heavy (non-hydrogen) atoms. The number of halogens is 4. The number of carbonyl (C=O) groups is 1. The topological polar surface area (TPSA) is 57.8 Å². The predicted octanol–water partition coefficient (Wildman–Crippen LogP) is 7.15. The van der Waals surface area contributed by atoms with E-state index >= 15 is 0 Å². The molecule has 1 saturated carbocycles. The van der Waals surface area contributed by atoms with Gasteiger partial charge >= 0.3 is 6.18 Å². The summed E-state index contributed by atoms with van der Waals surface area (Å²) >= 11 is 0. The Hall–Kier alpha value is -4.20. The zero-order valence-electron chi connectivity index (χ0n) is 20.4. The van der Waals surface area contributed by atoms with E-state index in [9.17, 15) is 22.4 Å². The number of benzene rings is 3. The number of allylic oxidation sites excluding steroid dienone is 1. The van der Waals surface area contributed by atoms with Gasteiger partial charge in [-0.2, -0.15) is 17.6 Å². The molecule has 1 amide bonds. The van der Waals surface area contributed by atoms with E-state index in [0.29, 0.717) is 22.4 Å². The van der Waals surface area contributed by atoms with Gasteiger partial charge in [-0.1, -0.05) is 73.7 Å². The molecular weight excluding hydrogens is 494 g/mol. The van der Waals surface area contributed by atoms with Crippen molar-refractivity contribution in [1.82, 2.24) is 15.5 Å². The molecular formula is C30H25F4N3O. The number of nitrogens with zero attached hydrogens (tertiary/aromatic N) is 1. The number of hydrogen-bond donors (Lipinski definition) is 2. The Bertz CT molecular complexity index is 1510.